The van der Waals surface area contributed by atoms with Crippen LogP contribution < -0.4 is 10.6 Å². The predicted octanol–water partition coefficient (Wildman–Crippen LogP) is 3.30. The Morgan fingerprint density at radius 3 is 2.55 bits per heavy atom. The molecular formula is C21H30ClFN4O2. The maximum atomic E-state index is 13.3. The zero-order valence-electron chi connectivity index (χ0n) is 17.2. The van der Waals surface area contributed by atoms with Gasteiger partial charge in [0.1, 0.15) is 5.82 Å². The van der Waals surface area contributed by atoms with Crippen LogP contribution in [0.2, 0.25) is 0 Å². The fourth-order valence-electron chi connectivity index (χ4n) is 3.87. The van der Waals surface area contributed by atoms with Crippen LogP contribution in [0.5, 0.6) is 0 Å². The third-order valence-corrected chi connectivity index (χ3v) is 5.41. The number of methoxy groups -OCH3 is 1. The van der Waals surface area contributed by atoms with Gasteiger partial charge in [-0.3, -0.25) is 4.79 Å². The Labute approximate surface area is 177 Å². The Hall–Kier alpha value is -1.96. The van der Waals surface area contributed by atoms with Gasteiger partial charge in [0, 0.05) is 19.1 Å². The number of halogens is 2. The van der Waals surface area contributed by atoms with Crippen molar-refractivity contribution in [2.24, 2.45) is 5.41 Å². The number of piperidine rings is 1. The van der Waals surface area contributed by atoms with Crippen molar-refractivity contribution in [2.75, 3.05) is 33.4 Å². The largest absolute Gasteiger partial charge is 0.384 e. The Morgan fingerprint density at radius 2 is 1.97 bits per heavy atom. The number of benzene rings is 1. The Morgan fingerprint density at radius 1 is 1.31 bits per heavy atom. The highest BCUT2D eigenvalue weighted by Crippen LogP contribution is 2.29. The van der Waals surface area contributed by atoms with E-state index in [1.807, 2.05) is 13.8 Å². The normalized spacial score (nSPS) is 15.8. The van der Waals surface area contributed by atoms with Gasteiger partial charge in [0.15, 0.2) is 0 Å². The smallest absolute Gasteiger partial charge is 0.254 e. The molecule has 0 radical (unpaired) electrons. The molecule has 6 nitrogen and oxygen atoms in total. The van der Waals surface area contributed by atoms with Crippen molar-refractivity contribution in [3.8, 4) is 5.69 Å². The molecule has 8 heteroatoms. The van der Waals surface area contributed by atoms with Gasteiger partial charge in [-0.05, 0) is 56.1 Å². The summed E-state index contributed by atoms with van der Waals surface area (Å²) >= 11 is 0. The summed E-state index contributed by atoms with van der Waals surface area (Å²) in [6, 6.07) is 6.12. The van der Waals surface area contributed by atoms with Crippen LogP contribution in [0.3, 0.4) is 0 Å². The number of hydrogen-bond donors (Lipinski definition) is 2. The zero-order chi connectivity index (χ0) is 20.1. The minimum Gasteiger partial charge on any atom is -0.384 e. The average molecular weight is 425 g/mol. The molecule has 2 aromatic rings. The van der Waals surface area contributed by atoms with Gasteiger partial charge in [-0.15, -0.1) is 12.4 Å². The van der Waals surface area contributed by atoms with E-state index in [1.54, 1.807) is 30.1 Å². The molecule has 3 rings (SSSR count). The lowest BCUT2D eigenvalue weighted by Gasteiger charge is -2.37. The number of carbonyl (C=O) groups is 1. The first-order valence-corrected chi connectivity index (χ1v) is 9.77. The van der Waals surface area contributed by atoms with E-state index in [0.717, 1.165) is 37.3 Å². The number of nitrogens with one attached hydrogen (secondary N) is 2. The van der Waals surface area contributed by atoms with Crippen LogP contribution in [0, 0.1) is 11.2 Å². The summed E-state index contributed by atoms with van der Waals surface area (Å²) in [6.45, 7) is 7.10. The molecule has 1 aliphatic heterocycles. The Bertz CT molecular complexity index is 796. The summed E-state index contributed by atoms with van der Waals surface area (Å²) in [4.78, 5) is 13.0. The van der Waals surface area contributed by atoms with Crippen molar-refractivity contribution >= 4 is 18.3 Å². The predicted molar refractivity (Wildman–Crippen MR) is 114 cm³/mol. The molecule has 0 atom stereocenters. The van der Waals surface area contributed by atoms with Crippen molar-refractivity contribution in [3.63, 3.8) is 0 Å². The monoisotopic (exact) mass is 424 g/mol. The van der Waals surface area contributed by atoms with E-state index < -0.39 is 0 Å². The molecule has 0 unspecified atom stereocenters. The maximum Gasteiger partial charge on any atom is 0.254 e. The molecule has 0 saturated carbocycles. The molecule has 0 aliphatic carbocycles. The second kappa shape index (κ2) is 10.2. The third kappa shape index (κ3) is 5.35. The standard InChI is InChI=1S/C21H29FN4O2.ClH/c1-15(2)19-18(12-25-26(19)17-6-4-16(22)5-7-17)20(27)24-13-21(14-28-3)8-10-23-11-9-21;/h4-7,12,15,23H,8-11,13-14H2,1-3H3,(H,24,27);1H. The van der Waals surface area contributed by atoms with Gasteiger partial charge in [-0.25, -0.2) is 9.07 Å². The van der Waals surface area contributed by atoms with Crippen LogP contribution in [0.25, 0.3) is 5.69 Å². The van der Waals surface area contributed by atoms with Gasteiger partial charge in [0.25, 0.3) is 5.91 Å². The first kappa shape index (κ1) is 23.3. The van der Waals surface area contributed by atoms with Crippen molar-refractivity contribution in [3.05, 3.63) is 47.5 Å². The van der Waals surface area contributed by atoms with Gasteiger partial charge in [0.2, 0.25) is 0 Å². The Balaban J connectivity index is 0.00000300. The topological polar surface area (TPSA) is 68.2 Å². The zero-order valence-corrected chi connectivity index (χ0v) is 18.0. The van der Waals surface area contributed by atoms with E-state index in [9.17, 15) is 9.18 Å². The van der Waals surface area contributed by atoms with Crippen molar-refractivity contribution < 1.29 is 13.9 Å². The number of nitrogens with zero attached hydrogens (tertiary/aromatic N) is 2. The van der Waals surface area contributed by atoms with E-state index in [0.29, 0.717) is 18.7 Å². The number of carbonyl (C=O) groups excluding carboxylic acids is 1. The van der Waals surface area contributed by atoms with Gasteiger partial charge in [0.05, 0.1) is 29.7 Å². The summed E-state index contributed by atoms with van der Waals surface area (Å²) in [5, 5.41) is 10.9. The molecule has 0 spiro atoms. The number of ether oxygens (including phenoxy) is 1. The van der Waals surface area contributed by atoms with Crippen molar-refractivity contribution in [2.45, 2.75) is 32.6 Å². The molecule has 1 aromatic carbocycles. The van der Waals surface area contributed by atoms with Crippen LogP contribution in [-0.4, -0.2) is 49.0 Å². The summed E-state index contributed by atoms with van der Waals surface area (Å²) < 4.78 is 20.4. The van der Waals surface area contributed by atoms with E-state index in [-0.39, 0.29) is 35.5 Å². The highest BCUT2D eigenvalue weighted by atomic mass is 35.5. The van der Waals surface area contributed by atoms with Gasteiger partial charge < -0.3 is 15.4 Å². The summed E-state index contributed by atoms with van der Waals surface area (Å²) in [5.41, 5.74) is 2.06. The Kier molecular flexibility index (Phi) is 8.19. The molecule has 1 amide bonds. The quantitative estimate of drug-likeness (QED) is 0.715. The number of amides is 1. The second-order valence-corrected chi connectivity index (χ2v) is 7.85. The minimum atomic E-state index is -0.301. The number of aromatic nitrogens is 2. The molecule has 0 bridgehead atoms. The second-order valence-electron chi connectivity index (χ2n) is 7.85. The minimum absolute atomic E-state index is 0. The summed E-state index contributed by atoms with van der Waals surface area (Å²) in [6.07, 6.45) is 3.53. The van der Waals surface area contributed by atoms with E-state index in [4.69, 9.17) is 4.74 Å². The molecule has 2 heterocycles. The number of rotatable bonds is 7. The van der Waals surface area contributed by atoms with Crippen LogP contribution in [0.15, 0.2) is 30.5 Å². The molecule has 1 saturated heterocycles. The summed E-state index contributed by atoms with van der Waals surface area (Å²) in [7, 11) is 1.70. The first-order valence-electron chi connectivity index (χ1n) is 9.77. The SMILES string of the molecule is COCC1(CNC(=O)c2cnn(-c3ccc(F)cc3)c2C(C)C)CCNCC1.Cl. The van der Waals surface area contributed by atoms with E-state index >= 15 is 0 Å². The van der Waals surface area contributed by atoms with Gasteiger partial charge >= 0.3 is 0 Å². The lowest BCUT2D eigenvalue weighted by molar-refractivity contribution is 0.0511. The molecule has 160 valence electrons. The number of hydrogen-bond acceptors (Lipinski definition) is 4. The highest BCUT2D eigenvalue weighted by molar-refractivity contribution is 5.95. The summed E-state index contributed by atoms with van der Waals surface area (Å²) in [5.74, 6) is -0.350. The van der Waals surface area contributed by atoms with Crippen LogP contribution in [0.4, 0.5) is 4.39 Å². The van der Waals surface area contributed by atoms with Crippen LogP contribution in [-0.2, 0) is 4.74 Å². The molecule has 1 aromatic heterocycles. The molecule has 2 N–H and O–H groups in total. The van der Waals surface area contributed by atoms with Gasteiger partial charge in [-0.1, -0.05) is 13.8 Å². The highest BCUT2D eigenvalue weighted by Gasteiger charge is 2.33. The van der Waals surface area contributed by atoms with Crippen molar-refractivity contribution in [1.82, 2.24) is 20.4 Å². The molecular weight excluding hydrogens is 395 g/mol. The van der Waals surface area contributed by atoms with Gasteiger partial charge in [-0.2, -0.15) is 5.10 Å². The maximum absolute atomic E-state index is 13.3. The van der Waals surface area contributed by atoms with Crippen molar-refractivity contribution in [1.29, 1.82) is 0 Å². The first-order chi connectivity index (χ1) is 13.5. The third-order valence-electron chi connectivity index (χ3n) is 5.41. The molecule has 1 fully saturated rings. The molecule has 29 heavy (non-hydrogen) atoms. The fourth-order valence-corrected chi connectivity index (χ4v) is 3.87. The average Bonchev–Trinajstić information content (AvgIpc) is 3.13. The molecule has 1 aliphatic rings. The fraction of sp³-hybridized carbons (Fsp3) is 0.524. The van der Waals surface area contributed by atoms with Crippen LogP contribution >= 0.6 is 12.4 Å². The van der Waals surface area contributed by atoms with E-state index in [1.165, 1.54) is 12.1 Å². The van der Waals surface area contributed by atoms with Crippen LogP contribution in [0.1, 0.15) is 48.7 Å². The lowest BCUT2D eigenvalue weighted by atomic mass is 9.79. The lowest BCUT2D eigenvalue weighted by Crippen LogP contribution is -2.47. The van der Waals surface area contributed by atoms with E-state index in [2.05, 4.69) is 15.7 Å².